The Morgan fingerprint density at radius 1 is 1.09 bits per heavy atom. The molecule has 1 saturated carbocycles. The number of nitrogens with one attached hydrogen (secondary N) is 1. The summed E-state index contributed by atoms with van der Waals surface area (Å²) >= 11 is 0. The number of carbonyl (C=O) groups excluding carboxylic acids is 1. The number of anilines is 1. The molecule has 1 atom stereocenters. The van der Waals surface area contributed by atoms with Crippen molar-refractivity contribution >= 4 is 21.8 Å². The summed E-state index contributed by atoms with van der Waals surface area (Å²) in [6.45, 7) is 0. The van der Waals surface area contributed by atoms with Crippen LogP contribution in [0.4, 0.5) is 38.3 Å². The van der Waals surface area contributed by atoms with Gasteiger partial charge in [-0.05, 0) is 43.2 Å². The molecule has 0 radical (unpaired) electrons. The number of rotatable bonds is 6. The number of likely N-dealkylation sites (N-methyl/N-ethyl adjacent to an activating group) is 1. The van der Waals surface area contributed by atoms with Crippen LogP contribution < -0.4 is 10.2 Å². The number of aromatic nitrogens is 1. The lowest BCUT2D eigenvalue weighted by molar-refractivity contribution is -0.124. The molecule has 33 heavy (non-hydrogen) atoms. The van der Waals surface area contributed by atoms with Gasteiger partial charge in [0.25, 0.3) is 0 Å². The Kier molecular flexibility index (Phi) is 5.88. The van der Waals surface area contributed by atoms with Crippen molar-refractivity contribution in [2.24, 2.45) is 0 Å². The van der Waals surface area contributed by atoms with E-state index in [1.807, 2.05) is 0 Å². The van der Waals surface area contributed by atoms with Crippen molar-refractivity contribution in [2.75, 3.05) is 11.9 Å². The van der Waals surface area contributed by atoms with E-state index < -0.39 is 57.8 Å². The van der Waals surface area contributed by atoms with Crippen molar-refractivity contribution in [1.29, 1.82) is 0 Å². The van der Waals surface area contributed by atoms with E-state index in [9.17, 15) is 37.4 Å². The predicted molar refractivity (Wildman–Crippen MR) is 109 cm³/mol. The van der Waals surface area contributed by atoms with Gasteiger partial charge < -0.3 is 10.2 Å². The summed E-state index contributed by atoms with van der Waals surface area (Å²) in [6.07, 6.45) is 0.234. The number of amides is 1. The second kappa shape index (κ2) is 7.74. The molecule has 0 bridgehead atoms. The number of benzene rings is 1. The Bertz CT molecular complexity index is 1020. The van der Waals surface area contributed by atoms with Crippen LogP contribution in [0.2, 0.25) is 0 Å². The van der Waals surface area contributed by atoms with Crippen LogP contribution in [0, 0.1) is 5.95 Å². The van der Waals surface area contributed by atoms with E-state index in [4.69, 9.17) is 0 Å². The molecule has 4 nitrogen and oxygen atoms in total. The maximum absolute atomic E-state index is 14.4. The molecule has 1 fully saturated rings. The maximum Gasteiger partial charge on any atom is 0.310 e. The minimum Gasteiger partial charge on any atom is -0.359 e. The molecule has 0 spiro atoms. The molecule has 13 heteroatoms. The fourth-order valence-corrected chi connectivity index (χ4v) is 4.33. The second-order valence-electron chi connectivity index (χ2n) is 8.00. The Labute approximate surface area is 184 Å². The van der Waals surface area contributed by atoms with Gasteiger partial charge in [-0.15, -0.1) is 0 Å². The van der Waals surface area contributed by atoms with Gasteiger partial charge in [-0.1, -0.05) is 25.5 Å². The standard InChI is InChI=1S/C20H21F8N3OS/c1-31(14-4-6-15(7-5-14)33(24,25,26,27)28)17(16-3-2-12-29-18(16)21)19(32)30-13-8-10-20(22,23)11-9-13/h2-7,12-13,17H,8-11H2,1H3,(H,30,32). The van der Waals surface area contributed by atoms with Gasteiger partial charge in [0.15, 0.2) is 0 Å². The molecular weight excluding hydrogens is 482 g/mol. The molecule has 1 heterocycles. The fourth-order valence-electron chi connectivity index (χ4n) is 3.68. The monoisotopic (exact) mass is 503 g/mol. The average molecular weight is 503 g/mol. The van der Waals surface area contributed by atoms with E-state index in [1.165, 1.54) is 19.2 Å². The van der Waals surface area contributed by atoms with Gasteiger partial charge in [0.05, 0.1) is 0 Å². The molecule has 0 saturated heterocycles. The van der Waals surface area contributed by atoms with Crippen LogP contribution in [-0.4, -0.2) is 29.9 Å². The number of nitrogens with zero attached hydrogens (tertiary/aromatic N) is 2. The highest BCUT2D eigenvalue weighted by atomic mass is 32.5. The normalized spacial score (nSPS) is 19.8. The van der Waals surface area contributed by atoms with Crippen LogP contribution in [0.5, 0.6) is 0 Å². The molecule has 1 N–H and O–H groups in total. The van der Waals surface area contributed by atoms with Crippen molar-refractivity contribution in [3.05, 3.63) is 54.1 Å². The Balaban J connectivity index is 1.90. The van der Waals surface area contributed by atoms with Gasteiger partial charge >= 0.3 is 10.2 Å². The number of carbonyl (C=O) groups is 1. The van der Waals surface area contributed by atoms with Gasteiger partial charge in [0.1, 0.15) is 10.9 Å². The topological polar surface area (TPSA) is 45.2 Å². The van der Waals surface area contributed by atoms with E-state index in [-0.39, 0.29) is 36.2 Å². The summed E-state index contributed by atoms with van der Waals surface area (Å²) in [5.74, 6) is -4.66. The zero-order valence-corrected chi connectivity index (χ0v) is 18.1. The van der Waals surface area contributed by atoms with Crippen LogP contribution >= 0.6 is 10.2 Å². The summed E-state index contributed by atoms with van der Waals surface area (Å²) < 4.78 is 106. The van der Waals surface area contributed by atoms with Gasteiger partial charge in [-0.2, -0.15) is 4.39 Å². The van der Waals surface area contributed by atoms with Gasteiger partial charge in [-0.25, -0.2) is 13.8 Å². The van der Waals surface area contributed by atoms with E-state index in [1.54, 1.807) is 0 Å². The predicted octanol–water partition coefficient (Wildman–Crippen LogP) is 6.75. The summed E-state index contributed by atoms with van der Waals surface area (Å²) in [5, 5.41) is 2.58. The fraction of sp³-hybridized carbons (Fsp3) is 0.400. The molecule has 1 aromatic heterocycles. The molecule has 2 aromatic rings. The largest absolute Gasteiger partial charge is 0.359 e. The molecule has 1 amide bonds. The van der Waals surface area contributed by atoms with E-state index in [2.05, 4.69) is 10.3 Å². The summed E-state index contributed by atoms with van der Waals surface area (Å²) in [7, 11) is -8.63. The molecule has 1 unspecified atom stereocenters. The number of hydrogen-bond donors (Lipinski definition) is 1. The smallest absolute Gasteiger partial charge is 0.310 e. The first kappa shape index (κ1) is 25.1. The number of hydrogen-bond acceptors (Lipinski definition) is 3. The van der Waals surface area contributed by atoms with Gasteiger partial charge in [0.2, 0.25) is 17.8 Å². The first-order valence-corrected chi connectivity index (χ1v) is 11.8. The third-order valence-electron chi connectivity index (χ3n) is 5.47. The minimum atomic E-state index is -9.90. The SMILES string of the molecule is CN(c1ccc(S(F)(F)(F)(F)F)cc1)C(C(=O)NC1CCC(F)(F)CC1)c1cccnc1F. The quantitative estimate of drug-likeness (QED) is 0.350. The summed E-state index contributed by atoms with van der Waals surface area (Å²) in [4.78, 5) is 15.5. The minimum absolute atomic E-state index is 0.0106. The molecule has 1 aliphatic carbocycles. The number of pyridine rings is 1. The first-order chi connectivity index (χ1) is 15.0. The summed E-state index contributed by atoms with van der Waals surface area (Å²) in [6, 6.07) is 2.36. The lowest BCUT2D eigenvalue weighted by Crippen LogP contribution is -2.46. The lowest BCUT2D eigenvalue weighted by atomic mass is 9.92. The highest BCUT2D eigenvalue weighted by Gasteiger charge is 2.65. The average Bonchev–Trinajstić information content (AvgIpc) is 2.69. The highest BCUT2D eigenvalue weighted by molar-refractivity contribution is 8.45. The van der Waals surface area contributed by atoms with Crippen LogP contribution in [0.25, 0.3) is 0 Å². The van der Waals surface area contributed by atoms with Crippen LogP contribution in [-0.2, 0) is 4.79 Å². The number of halogens is 8. The van der Waals surface area contributed by atoms with Crippen molar-refractivity contribution in [3.63, 3.8) is 0 Å². The zero-order chi connectivity index (χ0) is 24.7. The van der Waals surface area contributed by atoms with E-state index >= 15 is 0 Å². The second-order valence-corrected chi connectivity index (χ2v) is 10.4. The number of alkyl halides is 2. The lowest BCUT2D eigenvalue weighted by Gasteiger charge is -2.40. The molecule has 3 rings (SSSR count). The van der Waals surface area contributed by atoms with Crippen LogP contribution in [0.1, 0.15) is 37.3 Å². The highest BCUT2D eigenvalue weighted by Crippen LogP contribution is 3.02. The molecular formula is C20H21F8N3OS. The van der Waals surface area contributed by atoms with Crippen LogP contribution in [0.15, 0.2) is 47.5 Å². The maximum atomic E-state index is 14.4. The molecule has 1 aromatic carbocycles. The van der Waals surface area contributed by atoms with Crippen molar-refractivity contribution in [3.8, 4) is 0 Å². The van der Waals surface area contributed by atoms with E-state index in [0.29, 0.717) is 0 Å². The van der Waals surface area contributed by atoms with Crippen molar-refractivity contribution < 1.29 is 37.4 Å². The Hall–Kier alpha value is -2.57. The van der Waals surface area contributed by atoms with Crippen molar-refractivity contribution in [2.45, 2.75) is 48.6 Å². The van der Waals surface area contributed by atoms with Crippen molar-refractivity contribution in [1.82, 2.24) is 10.3 Å². The summed E-state index contributed by atoms with van der Waals surface area (Å²) in [5.41, 5.74) is -0.311. The Morgan fingerprint density at radius 2 is 1.67 bits per heavy atom. The molecule has 1 aliphatic rings. The van der Waals surface area contributed by atoms with E-state index in [0.717, 1.165) is 23.2 Å². The molecule has 184 valence electrons. The van der Waals surface area contributed by atoms with Gasteiger partial charge in [-0.3, -0.25) is 4.79 Å². The first-order valence-electron chi connectivity index (χ1n) is 9.82. The molecule has 0 aliphatic heterocycles. The third kappa shape index (κ3) is 6.06. The Morgan fingerprint density at radius 3 is 2.18 bits per heavy atom. The van der Waals surface area contributed by atoms with Crippen LogP contribution in [0.3, 0.4) is 0 Å². The van der Waals surface area contributed by atoms with Gasteiger partial charge in [0, 0.05) is 43.4 Å². The third-order valence-corrected chi connectivity index (χ3v) is 6.63. The zero-order valence-electron chi connectivity index (χ0n) is 17.3.